The number of aromatic amines is 2. The van der Waals surface area contributed by atoms with E-state index in [1.165, 1.54) is 11.3 Å². The summed E-state index contributed by atoms with van der Waals surface area (Å²) in [7, 11) is 0. The van der Waals surface area contributed by atoms with Gasteiger partial charge in [-0.25, -0.2) is 14.8 Å². The first kappa shape index (κ1) is 25.0. The smallest absolute Gasteiger partial charge is 0.333 e. The normalized spacial score (nSPS) is 14.6. The third-order valence-electron chi connectivity index (χ3n) is 6.68. The van der Waals surface area contributed by atoms with Crippen LogP contribution >= 0.6 is 11.3 Å². The molecule has 1 fully saturated rings. The number of imidazole rings is 1. The molecule has 13 heteroatoms. The molecule has 3 amide bonds. The maximum absolute atomic E-state index is 13.8. The number of fused-ring (bicyclic) bond motifs is 3. The summed E-state index contributed by atoms with van der Waals surface area (Å²) in [4.78, 5) is 47.0. The number of ether oxygens (including phenoxy) is 1. The van der Waals surface area contributed by atoms with Gasteiger partial charge in [-0.15, -0.1) is 11.3 Å². The SMILES string of the molecule is O=CNc1cc(CCCc2ncc[nH]2)sc1-c1[nH]nc2c1C(=O)c1c(NC(=O)NN3CCOCC3)cccc1-2. The van der Waals surface area contributed by atoms with Crippen molar-refractivity contribution in [1.82, 2.24) is 30.6 Å². The van der Waals surface area contributed by atoms with Gasteiger partial charge < -0.3 is 20.4 Å². The number of aryl methyl sites for hydroxylation is 2. The Labute approximate surface area is 227 Å². The number of hydrogen-bond donors (Lipinski definition) is 5. The molecule has 4 aromatic rings. The molecule has 0 atom stereocenters. The van der Waals surface area contributed by atoms with E-state index in [1.54, 1.807) is 29.5 Å². The Morgan fingerprint density at radius 2 is 2.05 bits per heavy atom. The van der Waals surface area contributed by atoms with E-state index in [2.05, 4.69) is 36.2 Å². The highest BCUT2D eigenvalue weighted by Crippen LogP contribution is 2.46. The average Bonchev–Trinajstić information content (AvgIpc) is 3.72. The van der Waals surface area contributed by atoms with Crippen molar-refractivity contribution < 1.29 is 19.1 Å². The number of thiophene rings is 1. The van der Waals surface area contributed by atoms with E-state index in [9.17, 15) is 14.4 Å². The Kier molecular flexibility index (Phi) is 6.92. The number of ketones is 1. The summed E-state index contributed by atoms with van der Waals surface area (Å²) in [5, 5.41) is 14.8. The molecule has 1 saturated heterocycles. The fourth-order valence-electron chi connectivity index (χ4n) is 4.90. The molecule has 0 radical (unpaired) electrons. The molecular formula is C26H26N8O4S. The largest absolute Gasteiger partial charge is 0.379 e. The number of morpholine rings is 1. The number of H-pyrrole nitrogens is 2. The van der Waals surface area contributed by atoms with Crippen molar-refractivity contribution >= 4 is 40.9 Å². The van der Waals surface area contributed by atoms with Crippen LogP contribution in [0.1, 0.15) is 33.0 Å². The zero-order chi connectivity index (χ0) is 26.8. The molecule has 0 spiro atoms. The van der Waals surface area contributed by atoms with Crippen molar-refractivity contribution in [3.05, 3.63) is 58.5 Å². The van der Waals surface area contributed by atoms with Gasteiger partial charge in [0.1, 0.15) is 11.5 Å². The molecule has 0 bridgehead atoms. The number of aromatic nitrogens is 4. The zero-order valence-corrected chi connectivity index (χ0v) is 21.7. The standard InChI is InChI=1S/C26H26N8O4S/c35-14-29-18-13-15(3-1-6-19-27-7-8-28-19)39-25(18)23-21-22(31-32-23)16-4-2-5-17(20(16)24(21)36)30-26(37)33-34-9-11-38-12-10-34/h2,4-5,7-8,13-14H,1,3,6,9-12H2,(H,27,28)(H,29,35)(H,31,32)(H2,30,33,37). The van der Waals surface area contributed by atoms with Gasteiger partial charge in [0.25, 0.3) is 0 Å². The van der Waals surface area contributed by atoms with Crippen molar-refractivity contribution in [1.29, 1.82) is 0 Å². The van der Waals surface area contributed by atoms with E-state index in [0.717, 1.165) is 34.8 Å². The first-order valence-electron chi connectivity index (χ1n) is 12.6. The number of benzene rings is 1. The highest BCUT2D eigenvalue weighted by Gasteiger charge is 2.36. The lowest BCUT2D eigenvalue weighted by atomic mass is 10.1. The van der Waals surface area contributed by atoms with E-state index in [0.29, 0.717) is 72.2 Å². The second-order valence-electron chi connectivity index (χ2n) is 9.15. The van der Waals surface area contributed by atoms with Crippen LogP contribution < -0.4 is 16.1 Å². The third kappa shape index (κ3) is 4.94. The van der Waals surface area contributed by atoms with E-state index in [1.807, 2.05) is 12.1 Å². The minimum absolute atomic E-state index is 0.240. The molecule has 1 aliphatic heterocycles. The molecule has 0 unspecified atom stereocenters. The summed E-state index contributed by atoms with van der Waals surface area (Å²) in [6.45, 7) is 2.25. The summed E-state index contributed by atoms with van der Waals surface area (Å²) in [6, 6.07) is 6.79. The highest BCUT2D eigenvalue weighted by atomic mass is 32.1. The topological polar surface area (TPSA) is 157 Å². The number of anilines is 2. The van der Waals surface area contributed by atoms with E-state index in [4.69, 9.17) is 4.74 Å². The Hall–Kier alpha value is -4.33. The number of hydrazine groups is 1. The molecule has 5 N–H and O–H groups in total. The number of carbonyl (C=O) groups excluding carboxylic acids is 3. The van der Waals surface area contributed by atoms with Crippen LogP contribution in [0.15, 0.2) is 36.7 Å². The number of carbonyl (C=O) groups is 3. The predicted molar refractivity (Wildman–Crippen MR) is 146 cm³/mol. The predicted octanol–water partition coefficient (Wildman–Crippen LogP) is 3.19. The maximum Gasteiger partial charge on any atom is 0.333 e. The molecule has 39 heavy (non-hydrogen) atoms. The highest BCUT2D eigenvalue weighted by molar-refractivity contribution is 7.16. The number of rotatable bonds is 9. The summed E-state index contributed by atoms with van der Waals surface area (Å²) >= 11 is 1.50. The Morgan fingerprint density at radius 1 is 1.18 bits per heavy atom. The molecular weight excluding hydrogens is 520 g/mol. The van der Waals surface area contributed by atoms with Crippen LogP contribution in [0.3, 0.4) is 0 Å². The maximum atomic E-state index is 13.8. The van der Waals surface area contributed by atoms with E-state index < -0.39 is 6.03 Å². The number of amides is 3. The molecule has 0 saturated carbocycles. The van der Waals surface area contributed by atoms with Crippen LogP contribution in [0.5, 0.6) is 0 Å². The third-order valence-corrected chi connectivity index (χ3v) is 7.89. The lowest BCUT2D eigenvalue weighted by Gasteiger charge is -2.27. The van der Waals surface area contributed by atoms with Crippen molar-refractivity contribution in [3.63, 3.8) is 0 Å². The Balaban J connectivity index is 1.25. The van der Waals surface area contributed by atoms with Crippen molar-refractivity contribution in [2.45, 2.75) is 19.3 Å². The zero-order valence-electron chi connectivity index (χ0n) is 20.9. The molecule has 12 nitrogen and oxygen atoms in total. The van der Waals surface area contributed by atoms with Crippen LogP contribution in [-0.2, 0) is 22.4 Å². The molecule has 6 rings (SSSR count). The van der Waals surface area contributed by atoms with Crippen molar-refractivity contribution in [2.24, 2.45) is 0 Å². The first-order valence-corrected chi connectivity index (χ1v) is 13.4. The van der Waals surface area contributed by atoms with Crippen LogP contribution in [0.2, 0.25) is 0 Å². The van der Waals surface area contributed by atoms with Gasteiger partial charge in [0.05, 0.1) is 46.3 Å². The minimum Gasteiger partial charge on any atom is -0.379 e. The summed E-state index contributed by atoms with van der Waals surface area (Å²) in [6.07, 6.45) is 6.63. The monoisotopic (exact) mass is 546 g/mol. The lowest BCUT2D eigenvalue weighted by molar-refractivity contribution is -0.105. The second kappa shape index (κ2) is 10.8. The number of nitrogens with one attached hydrogen (secondary N) is 5. The molecule has 200 valence electrons. The molecule has 1 aromatic carbocycles. The van der Waals surface area contributed by atoms with Crippen molar-refractivity contribution in [3.8, 4) is 21.8 Å². The molecule has 3 aromatic heterocycles. The average molecular weight is 547 g/mol. The van der Waals surface area contributed by atoms with E-state index >= 15 is 0 Å². The minimum atomic E-state index is -0.431. The van der Waals surface area contributed by atoms with Gasteiger partial charge in [-0.3, -0.25) is 20.1 Å². The summed E-state index contributed by atoms with van der Waals surface area (Å²) < 4.78 is 5.31. The summed E-state index contributed by atoms with van der Waals surface area (Å²) in [5.74, 6) is 0.687. The van der Waals surface area contributed by atoms with Gasteiger partial charge >= 0.3 is 6.03 Å². The summed E-state index contributed by atoms with van der Waals surface area (Å²) in [5.41, 5.74) is 6.34. The quantitative estimate of drug-likeness (QED) is 0.178. The Bertz CT molecular complexity index is 1520. The van der Waals surface area contributed by atoms with Crippen LogP contribution in [-0.4, -0.2) is 69.7 Å². The van der Waals surface area contributed by atoms with Gasteiger partial charge in [0.2, 0.25) is 6.41 Å². The number of urea groups is 1. The van der Waals surface area contributed by atoms with Crippen LogP contribution in [0.4, 0.5) is 16.2 Å². The molecule has 2 aliphatic rings. The van der Waals surface area contributed by atoms with Gasteiger partial charge in [0.15, 0.2) is 5.78 Å². The second-order valence-corrected chi connectivity index (χ2v) is 10.3. The van der Waals surface area contributed by atoms with Gasteiger partial charge in [-0.1, -0.05) is 12.1 Å². The Morgan fingerprint density at radius 3 is 2.85 bits per heavy atom. The fraction of sp³-hybridized carbons (Fsp3) is 0.269. The number of hydrogen-bond acceptors (Lipinski definition) is 8. The number of nitrogens with zero attached hydrogens (tertiary/aromatic N) is 3. The van der Waals surface area contributed by atoms with Gasteiger partial charge in [-0.2, -0.15) is 5.10 Å². The molecule has 4 heterocycles. The van der Waals surface area contributed by atoms with E-state index in [-0.39, 0.29) is 5.78 Å². The first-order chi connectivity index (χ1) is 19.1. The lowest BCUT2D eigenvalue weighted by Crippen LogP contribution is -2.49. The van der Waals surface area contributed by atoms with Crippen LogP contribution in [0, 0.1) is 0 Å². The van der Waals surface area contributed by atoms with Crippen LogP contribution in [0.25, 0.3) is 21.8 Å². The fourth-order valence-corrected chi connectivity index (χ4v) is 6.06. The van der Waals surface area contributed by atoms with Crippen molar-refractivity contribution in [2.75, 3.05) is 36.9 Å². The van der Waals surface area contributed by atoms with Gasteiger partial charge in [-0.05, 0) is 25.0 Å². The molecule has 1 aliphatic carbocycles. The van der Waals surface area contributed by atoms with Gasteiger partial charge in [0, 0.05) is 42.3 Å².